The molecule has 0 saturated heterocycles. The summed E-state index contributed by atoms with van der Waals surface area (Å²) in [4.78, 5) is 4.56. The highest BCUT2D eigenvalue weighted by atomic mass is 16.5. The molecule has 2 N–H and O–H groups in total. The van der Waals surface area contributed by atoms with E-state index in [1.54, 1.807) is 13.4 Å². The van der Waals surface area contributed by atoms with Crippen molar-refractivity contribution >= 4 is 5.96 Å². The van der Waals surface area contributed by atoms with Crippen molar-refractivity contribution in [3.05, 3.63) is 54.0 Å². The van der Waals surface area contributed by atoms with E-state index in [0.717, 1.165) is 30.6 Å². The van der Waals surface area contributed by atoms with E-state index in [1.165, 1.54) is 5.56 Å². The molecule has 2 rings (SSSR count). The second kappa shape index (κ2) is 8.43. The highest BCUT2D eigenvalue weighted by Crippen LogP contribution is 2.24. The first-order valence-corrected chi connectivity index (χ1v) is 8.24. The van der Waals surface area contributed by atoms with E-state index in [0.29, 0.717) is 6.54 Å². The molecular formula is C19H27N3O2. The summed E-state index contributed by atoms with van der Waals surface area (Å²) in [6.45, 7) is 8.57. The highest BCUT2D eigenvalue weighted by Gasteiger charge is 2.21. The van der Waals surface area contributed by atoms with Crippen molar-refractivity contribution < 1.29 is 9.15 Å². The van der Waals surface area contributed by atoms with Gasteiger partial charge in [-0.25, -0.2) is 4.99 Å². The maximum absolute atomic E-state index is 5.32. The summed E-state index contributed by atoms with van der Waals surface area (Å²) in [6.07, 6.45) is 1.66. The number of hydrogen-bond donors (Lipinski definition) is 2. The number of rotatable bonds is 7. The Hall–Kier alpha value is -2.43. The molecule has 0 aliphatic heterocycles. The van der Waals surface area contributed by atoms with Gasteiger partial charge in [0, 0.05) is 18.5 Å². The van der Waals surface area contributed by atoms with Gasteiger partial charge in [-0.1, -0.05) is 26.0 Å². The second-order valence-electron chi connectivity index (χ2n) is 6.24. The van der Waals surface area contributed by atoms with E-state index in [2.05, 4.69) is 48.5 Å². The molecule has 1 aromatic heterocycles. The van der Waals surface area contributed by atoms with Crippen LogP contribution in [0.5, 0.6) is 5.75 Å². The largest absolute Gasteiger partial charge is 0.497 e. The van der Waals surface area contributed by atoms with Crippen LogP contribution in [0.1, 0.15) is 32.1 Å². The summed E-state index contributed by atoms with van der Waals surface area (Å²) in [5.41, 5.74) is 1.21. The average Bonchev–Trinajstić information content (AvgIpc) is 3.11. The Kier molecular flexibility index (Phi) is 6.29. The Morgan fingerprint density at radius 2 is 1.92 bits per heavy atom. The Labute approximate surface area is 144 Å². The fourth-order valence-electron chi connectivity index (χ4n) is 2.35. The molecule has 0 unspecified atom stereocenters. The maximum Gasteiger partial charge on any atom is 0.191 e. The number of methoxy groups -OCH3 is 1. The summed E-state index contributed by atoms with van der Waals surface area (Å²) in [6, 6.07) is 12.0. The van der Waals surface area contributed by atoms with Gasteiger partial charge < -0.3 is 19.8 Å². The minimum atomic E-state index is -0.0346. The standard InChI is InChI=1S/C19H27N3O2/c1-5-20-18(21-13-17-7-6-12-24-17)22-14-19(2,3)15-8-10-16(23-4)11-9-15/h6-12H,5,13-14H2,1-4H3,(H2,20,21,22). The first-order valence-electron chi connectivity index (χ1n) is 8.24. The third kappa shape index (κ3) is 5.05. The summed E-state index contributed by atoms with van der Waals surface area (Å²) in [5, 5.41) is 6.68. The molecule has 2 aromatic rings. The van der Waals surface area contributed by atoms with Crippen molar-refractivity contribution in [2.75, 3.05) is 20.2 Å². The van der Waals surface area contributed by atoms with Crippen LogP contribution in [0.25, 0.3) is 0 Å². The Morgan fingerprint density at radius 3 is 2.50 bits per heavy atom. The number of benzene rings is 1. The molecule has 0 aliphatic rings. The molecule has 0 spiro atoms. The van der Waals surface area contributed by atoms with Gasteiger partial charge in [-0.2, -0.15) is 0 Å². The summed E-state index contributed by atoms with van der Waals surface area (Å²) in [5.74, 6) is 2.51. The van der Waals surface area contributed by atoms with Crippen LogP contribution in [0.3, 0.4) is 0 Å². The van der Waals surface area contributed by atoms with Crippen LogP contribution in [0, 0.1) is 0 Å². The number of nitrogens with zero attached hydrogens (tertiary/aromatic N) is 1. The van der Waals surface area contributed by atoms with Crippen molar-refractivity contribution in [3.63, 3.8) is 0 Å². The molecule has 0 amide bonds. The number of hydrogen-bond acceptors (Lipinski definition) is 3. The molecule has 1 heterocycles. The smallest absolute Gasteiger partial charge is 0.191 e. The van der Waals surface area contributed by atoms with Crippen molar-refractivity contribution in [2.24, 2.45) is 4.99 Å². The fraction of sp³-hybridized carbons (Fsp3) is 0.421. The zero-order valence-corrected chi connectivity index (χ0v) is 14.9. The van der Waals surface area contributed by atoms with Gasteiger partial charge in [0.25, 0.3) is 0 Å². The van der Waals surface area contributed by atoms with Crippen LogP contribution in [0.4, 0.5) is 0 Å². The molecule has 0 bridgehead atoms. The van der Waals surface area contributed by atoms with Gasteiger partial charge in [-0.3, -0.25) is 0 Å². The molecule has 130 valence electrons. The topological polar surface area (TPSA) is 58.8 Å². The van der Waals surface area contributed by atoms with Crippen molar-refractivity contribution in [2.45, 2.75) is 32.7 Å². The maximum atomic E-state index is 5.32. The Bertz CT molecular complexity index is 631. The molecule has 1 aromatic carbocycles. The van der Waals surface area contributed by atoms with Gasteiger partial charge in [0.15, 0.2) is 5.96 Å². The number of nitrogens with one attached hydrogen (secondary N) is 2. The van der Waals surface area contributed by atoms with Crippen LogP contribution in [-0.2, 0) is 12.0 Å². The average molecular weight is 329 g/mol. The van der Waals surface area contributed by atoms with Gasteiger partial charge in [0.1, 0.15) is 18.1 Å². The van der Waals surface area contributed by atoms with Gasteiger partial charge in [-0.15, -0.1) is 0 Å². The van der Waals surface area contributed by atoms with E-state index < -0.39 is 0 Å². The SMILES string of the molecule is CCNC(=NCc1ccco1)NCC(C)(C)c1ccc(OC)cc1. The lowest BCUT2D eigenvalue weighted by atomic mass is 9.84. The van der Waals surface area contributed by atoms with Gasteiger partial charge in [0.05, 0.1) is 13.4 Å². The van der Waals surface area contributed by atoms with E-state index in [4.69, 9.17) is 9.15 Å². The highest BCUT2D eigenvalue weighted by molar-refractivity contribution is 5.79. The fourth-order valence-corrected chi connectivity index (χ4v) is 2.35. The number of ether oxygens (including phenoxy) is 1. The van der Waals surface area contributed by atoms with Gasteiger partial charge in [0.2, 0.25) is 0 Å². The Morgan fingerprint density at radius 1 is 1.17 bits per heavy atom. The third-order valence-electron chi connectivity index (χ3n) is 3.89. The lowest BCUT2D eigenvalue weighted by Gasteiger charge is -2.27. The summed E-state index contributed by atoms with van der Waals surface area (Å²) >= 11 is 0. The summed E-state index contributed by atoms with van der Waals surface area (Å²) in [7, 11) is 1.68. The van der Waals surface area contributed by atoms with Gasteiger partial charge >= 0.3 is 0 Å². The zero-order chi connectivity index (χ0) is 17.4. The normalized spacial score (nSPS) is 12.1. The predicted octanol–water partition coefficient (Wildman–Crippen LogP) is 3.32. The molecule has 24 heavy (non-hydrogen) atoms. The lowest BCUT2D eigenvalue weighted by Crippen LogP contribution is -2.43. The van der Waals surface area contributed by atoms with E-state index in [1.807, 2.05) is 24.3 Å². The minimum Gasteiger partial charge on any atom is -0.497 e. The first kappa shape index (κ1) is 17.9. The van der Waals surface area contributed by atoms with Crippen LogP contribution < -0.4 is 15.4 Å². The van der Waals surface area contributed by atoms with Crippen molar-refractivity contribution in [1.29, 1.82) is 0 Å². The van der Waals surface area contributed by atoms with Crippen LogP contribution in [0.2, 0.25) is 0 Å². The Balaban J connectivity index is 1.99. The number of aliphatic imine (C=N–C) groups is 1. The van der Waals surface area contributed by atoms with Crippen LogP contribution in [0.15, 0.2) is 52.1 Å². The van der Waals surface area contributed by atoms with Crippen LogP contribution in [-0.4, -0.2) is 26.2 Å². The summed E-state index contributed by atoms with van der Waals surface area (Å²) < 4.78 is 10.5. The van der Waals surface area contributed by atoms with E-state index in [9.17, 15) is 0 Å². The van der Waals surface area contributed by atoms with Gasteiger partial charge in [-0.05, 0) is 36.8 Å². The molecule has 0 aliphatic carbocycles. The van der Waals surface area contributed by atoms with E-state index >= 15 is 0 Å². The number of guanidine groups is 1. The van der Waals surface area contributed by atoms with E-state index in [-0.39, 0.29) is 5.41 Å². The molecule has 0 atom stereocenters. The molecule has 5 nitrogen and oxygen atoms in total. The molecule has 0 saturated carbocycles. The molecule has 5 heteroatoms. The van der Waals surface area contributed by atoms with Crippen molar-refractivity contribution in [3.8, 4) is 5.75 Å². The predicted molar refractivity (Wildman–Crippen MR) is 97.5 cm³/mol. The van der Waals surface area contributed by atoms with Crippen LogP contribution >= 0.6 is 0 Å². The lowest BCUT2D eigenvalue weighted by molar-refractivity contribution is 0.414. The number of furan rings is 1. The zero-order valence-electron chi connectivity index (χ0n) is 14.9. The molecular weight excluding hydrogens is 302 g/mol. The molecule has 0 radical (unpaired) electrons. The molecule has 0 fully saturated rings. The minimum absolute atomic E-state index is 0.0346. The quantitative estimate of drug-likeness (QED) is 0.604. The second-order valence-corrected chi connectivity index (χ2v) is 6.24. The third-order valence-corrected chi connectivity index (χ3v) is 3.89. The van der Waals surface area contributed by atoms with Crippen molar-refractivity contribution in [1.82, 2.24) is 10.6 Å². The monoisotopic (exact) mass is 329 g/mol. The first-order chi connectivity index (χ1) is 11.5.